The van der Waals surface area contributed by atoms with Gasteiger partial charge in [-0.25, -0.2) is 12.7 Å². The lowest BCUT2D eigenvalue weighted by molar-refractivity contribution is -0.130. The van der Waals surface area contributed by atoms with Gasteiger partial charge in [0, 0.05) is 39.4 Å². The van der Waals surface area contributed by atoms with Gasteiger partial charge in [0.05, 0.1) is 16.7 Å². The number of nitrogens with one attached hydrogen (secondary N) is 1. The van der Waals surface area contributed by atoms with Gasteiger partial charge in [-0.15, -0.1) is 11.3 Å². The molecule has 10 heteroatoms. The molecule has 0 radical (unpaired) electrons. The maximum Gasteiger partial charge on any atom is 0.261 e. The average molecular weight is 402 g/mol. The molecule has 0 spiro atoms. The summed E-state index contributed by atoms with van der Waals surface area (Å²) < 4.78 is 30.8. The van der Waals surface area contributed by atoms with E-state index in [2.05, 4.69) is 5.32 Å². The van der Waals surface area contributed by atoms with E-state index >= 15 is 0 Å². The Morgan fingerprint density at radius 3 is 2.96 bits per heavy atom. The Morgan fingerprint density at radius 1 is 1.46 bits per heavy atom. The molecule has 2 amide bonds. The molecule has 2 atom stereocenters. The fraction of sp³-hybridized carbons (Fsp3) is 0.625. The summed E-state index contributed by atoms with van der Waals surface area (Å²) in [6.07, 6.45) is 0.888. The Balaban J connectivity index is 1.68. The number of carbonyl (C=O) groups excluding carboxylic acids is 2. The molecule has 3 rings (SSSR count). The number of amides is 2. The summed E-state index contributed by atoms with van der Waals surface area (Å²) in [5, 5.41) is 4.79. The first-order valence-electron chi connectivity index (χ1n) is 8.54. The molecule has 0 aliphatic carbocycles. The number of thiophene rings is 1. The second-order valence-corrected chi connectivity index (χ2v) is 9.43. The zero-order chi connectivity index (χ0) is 18.7. The molecule has 2 saturated heterocycles. The number of sulfonamides is 1. The van der Waals surface area contributed by atoms with Crippen molar-refractivity contribution in [3.05, 3.63) is 22.4 Å². The van der Waals surface area contributed by atoms with Crippen LogP contribution in [0.2, 0.25) is 0 Å². The molecule has 0 bridgehead atoms. The van der Waals surface area contributed by atoms with Gasteiger partial charge in [-0.1, -0.05) is 6.07 Å². The largest absolute Gasteiger partial charge is 0.385 e. The molecule has 0 saturated carbocycles. The summed E-state index contributed by atoms with van der Waals surface area (Å²) in [5.74, 6) is -0.639. The second-order valence-electron chi connectivity index (χ2n) is 6.47. The minimum Gasteiger partial charge on any atom is -0.385 e. The van der Waals surface area contributed by atoms with Gasteiger partial charge in [-0.2, -0.15) is 0 Å². The smallest absolute Gasteiger partial charge is 0.261 e. The normalized spacial score (nSPS) is 25.7. The lowest BCUT2D eigenvalue weighted by Gasteiger charge is -2.23. The second kappa shape index (κ2) is 8.03. The molecule has 2 aliphatic rings. The minimum atomic E-state index is -3.61. The van der Waals surface area contributed by atoms with E-state index in [0.717, 1.165) is 4.31 Å². The standard InChI is InChI=1S/C16H23N3O5S2/c1-24-7-3-5-19-16(21)13-10-12(11-18(13)6-9-26(19,22)23)17-15(20)14-4-2-8-25-14/h2,4,8,12-13H,3,5-7,9-11H2,1H3,(H,17,20)/t12-,13-/m0/s1. The van der Waals surface area contributed by atoms with Gasteiger partial charge in [0.25, 0.3) is 11.8 Å². The van der Waals surface area contributed by atoms with Gasteiger partial charge < -0.3 is 10.1 Å². The first-order chi connectivity index (χ1) is 12.4. The predicted octanol–water partition coefficient (Wildman–Crippen LogP) is 0.129. The summed E-state index contributed by atoms with van der Waals surface area (Å²) in [7, 11) is -2.07. The Kier molecular flexibility index (Phi) is 5.96. The average Bonchev–Trinajstić information content (AvgIpc) is 3.24. The molecular weight excluding hydrogens is 378 g/mol. The van der Waals surface area contributed by atoms with Crippen molar-refractivity contribution >= 4 is 33.2 Å². The van der Waals surface area contributed by atoms with Gasteiger partial charge in [0.1, 0.15) is 0 Å². The van der Waals surface area contributed by atoms with Gasteiger partial charge in [-0.05, 0) is 24.3 Å². The molecule has 144 valence electrons. The van der Waals surface area contributed by atoms with E-state index in [1.54, 1.807) is 13.2 Å². The third kappa shape index (κ3) is 4.08. The molecule has 1 aromatic heterocycles. The number of fused-ring (bicyclic) bond motifs is 1. The fourth-order valence-corrected chi connectivity index (χ4v) is 5.54. The van der Waals surface area contributed by atoms with E-state index in [1.165, 1.54) is 11.3 Å². The van der Waals surface area contributed by atoms with E-state index in [-0.39, 0.29) is 24.2 Å². The number of hydrogen-bond donors (Lipinski definition) is 1. The van der Waals surface area contributed by atoms with Crippen molar-refractivity contribution in [3.63, 3.8) is 0 Å². The molecule has 3 heterocycles. The monoisotopic (exact) mass is 401 g/mol. The van der Waals surface area contributed by atoms with Gasteiger partial charge in [-0.3, -0.25) is 14.5 Å². The highest BCUT2D eigenvalue weighted by atomic mass is 32.2. The number of hydrogen-bond acceptors (Lipinski definition) is 7. The van der Waals surface area contributed by atoms with Crippen LogP contribution < -0.4 is 5.32 Å². The maximum absolute atomic E-state index is 12.9. The zero-order valence-corrected chi connectivity index (χ0v) is 16.2. The summed E-state index contributed by atoms with van der Waals surface area (Å²) in [6, 6.07) is 2.89. The van der Waals surface area contributed by atoms with E-state index in [0.29, 0.717) is 37.4 Å². The van der Waals surface area contributed by atoms with Crippen molar-refractivity contribution < 1.29 is 22.7 Å². The third-order valence-corrected chi connectivity index (χ3v) is 7.30. The Bertz CT molecular complexity index is 750. The molecule has 1 aromatic rings. The molecule has 0 unspecified atom stereocenters. The van der Waals surface area contributed by atoms with Crippen molar-refractivity contribution in [2.24, 2.45) is 0 Å². The first-order valence-corrected chi connectivity index (χ1v) is 11.0. The molecule has 2 fully saturated rings. The SMILES string of the molecule is COCCCN1C(=O)[C@@H]2C[C@H](NC(=O)c3cccs3)CN2CCS1(=O)=O. The summed E-state index contributed by atoms with van der Waals surface area (Å²) >= 11 is 1.36. The van der Waals surface area contributed by atoms with Crippen molar-refractivity contribution in [2.75, 3.05) is 39.1 Å². The number of rotatable bonds is 6. The van der Waals surface area contributed by atoms with Crippen molar-refractivity contribution in [1.82, 2.24) is 14.5 Å². The van der Waals surface area contributed by atoms with Crippen molar-refractivity contribution in [3.8, 4) is 0 Å². The van der Waals surface area contributed by atoms with E-state index < -0.39 is 22.0 Å². The Hall–Kier alpha value is -1.49. The predicted molar refractivity (Wildman–Crippen MR) is 97.5 cm³/mol. The van der Waals surface area contributed by atoms with Gasteiger partial charge in [0.2, 0.25) is 10.0 Å². The van der Waals surface area contributed by atoms with Crippen molar-refractivity contribution in [1.29, 1.82) is 0 Å². The molecule has 2 aliphatic heterocycles. The summed E-state index contributed by atoms with van der Waals surface area (Å²) in [4.78, 5) is 27.6. The highest BCUT2D eigenvalue weighted by Gasteiger charge is 2.45. The molecule has 0 aromatic carbocycles. The highest BCUT2D eigenvalue weighted by Crippen LogP contribution is 2.25. The summed E-state index contributed by atoms with van der Waals surface area (Å²) in [6.45, 7) is 1.30. The van der Waals surface area contributed by atoms with Crippen LogP contribution in [-0.4, -0.2) is 80.6 Å². The van der Waals surface area contributed by atoms with Crippen LogP contribution in [0.15, 0.2) is 17.5 Å². The van der Waals surface area contributed by atoms with Crippen LogP contribution in [0.1, 0.15) is 22.5 Å². The lowest BCUT2D eigenvalue weighted by Crippen LogP contribution is -2.44. The number of ether oxygens (including phenoxy) is 1. The number of methoxy groups -OCH3 is 1. The Labute approximate surface area is 157 Å². The topological polar surface area (TPSA) is 96.0 Å². The van der Waals surface area contributed by atoms with Gasteiger partial charge >= 0.3 is 0 Å². The van der Waals surface area contributed by atoms with Crippen molar-refractivity contribution in [2.45, 2.75) is 24.9 Å². The van der Waals surface area contributed by atoms with E-state index in [1.807, 2.05) is 16.3 Å². The van der Waals surface area contributed by atoms with Gasteiger partial charge in [0.15, 0.2) is 0 Å². The summed E-state index contributed by atoms with van der Waals surface area (Å²) in [5.41, 5.74) is 0. The van der Waals surface area contributed by atoms with E-state index in [9.17, 15) is 18.0 Å². The highest BCUT2D eigenvalue weighted by molar-refractivity contribution is 7.89. The lowest BCUT2D eigenvalue weighted by atomic mass is 10.1. The van der Waals surface area contributed by atoms with Crippen LogP contribution >= 0.6 is 11.3 Å². The van der Waals surface area contributed by atoms with Crippen LogP contribution in [0.25, 0.3) is 0 Å². The third-order valence-electron chi connectivity index (χ3n) is 4.70. The first kappa shape index (κ1) is 19.3. The molecule has 8 nitrogen and oxygen atoms in total. The van der Waals surface area contributed by atoms with Crippen LogP contribution in [0, 0.1) is 0 Å². The minimum absolute atomic E-state index is 0.0895. The maximum atomic E-state index is 12.9. The Morgan fingerprint density at radius 2 is 2.27 bits per heavy atom. The van der Waals surface area contributed by atoms with Crippen LogP contribution in [-0.2, 0) is 19.6 Å². The van der Waals surface area contributed by atoms with Crippen LogP contribution in [0.3, 0.4) is 0 Å². The quantitative estimate of drug-likeness (QED) is 0.681. The van der Waals surface area contributed by atoms with Crippen LogP contribution in [0.4, 0.5) is 0 Å². The molecular formula is C16H23N3O5S2. The number of nitrogens with zero attached hydrogens (tertiary/aromatic N) is 2. The molecule has 26 heavy (non-hydrogen) atoms. The van der Waals surface area contributed by atoms with E-state index in [4.69, 9.17) is 4.74 Å². The fourth-order valence-electron chi connectivity index (χ4n) is 3.42. The molecule has 1 N–H and O–H groups in total. The zero-order valence-electron chi connectivity index (χ0n) is 14.6. The number of carbonyl (C=O) groups is 2. The van der Waals surface area contributed by atoms with Crippen LogP contribution in [0.5, 0.6) is 0 Å².